The molecule has 12 unspecified atom stereocenters. The number of epoxide rings is 1. The molecule has 9 heteroatoms. The number of carbonyl (C=O) groups is 3. The lowest BCUT2D eigenvalue weighted by atomic mass is 9.34. The molecule has 3 spiro atoms. The molecule has 4 aliphatic heterocycles. The van der Waals surface area contributed by atoms with Gasteiger partial charge in [0.1, 0.15) is 30.2 Å². The van der Waals surface area contributed by atoms with E-state index in [1.165, 1.54) is 0 Å². The molecular formula is C37H48O9. The Kier molecular flexibility index (Phi) is 5.88. The minimum Gasteiger partial charge on any atom is -0.469 e. The van der Waals surface area contributed by atoms with E-state index >= 15 is 0 Å². The van der Waals surface area contributed by atoms with E-state index in [-0.39, 0.29) is 35.6 Å². The number of ketones is 1. The molecule has 250 valence electrons. The summed E-state index contributed by atoms with van der Waals surface area (Å²) in [6, 6.07) is 1.93. The Bertz CT molecular complexity index is 1520. The van der Waals surface area contributed by atoms with Gasteiger partial charge in [-0.15, -0.1) is 0 Å². The number of fused-ring (bicyclic) bond motifs is 1. The second kappa shape index (κ2) is 9.06. The number of furan rings is 1. The van der Waals surface area contributed by atoms with E-state index in [2.05, 4.69) is 13.8 Å². The zero-order valence-corrected chi connectivity index (χ0v) is 27.8. The SMILES string of the molecule is CCCCCc1occc1C1OC(=O)C2OC23C1(C)CC1CC2(CCCC2)C2C(=O)OCC45C2OC(C)(C)C4C(=O)C(O)C3(C)C15. The molecule has 0 aromatic carbocycles. The molecular weight excluding hydrogens is 588 g/mol. The molecule has 0 amide bonds. The van der Waals surface area contributed by atoms with Gasteiger partial charge in [-0.05, 0) is 69.3 Å². The Morgan fingerprint density at radius 1 is 0.957 bits per heavy atom. The van der Waals surface area contributed by atoms with Crippen LogP contribution in [0.1, 0.15) is 110 Å². The molecule has 4 saturated carbocycles. The standard InChI is InChI=1S/C37H48O9/c1-6-7-8-11-21-20(12-15-42-21)27-33(4)16-19-17-35(13-9-10-14-35)22-28-36(18-43-30(22)40)24(19)34(5,37(33)29(46-37)31(41)44-27)26(39)23(38)25(36)32(2,3)45-28/h12,15,19,22,24-29,39H,6-11,13-14,16-18H2,1-5H3. The van der Waals surface area contributed by atoms with Gasteiger partial charge in [-0.25, -0.2) is 4.79 Å². The molecule has 4 saturated heterocycles. The van der Waals surface area contributed by atoms with E-state index < -0.39 is 69.7 Å². The van der Waals surface area contributed by atoms with Crippen molar-refractivity contribution in [1.82, 2.24) is 0 Å². The predicted molar refractivity (Wildman–Crippen MR) is 162 cm³/mol. The maximum atomic E-state index is 14.8. The maximum absolute atomic E-state index is 14.8. The van der Waals surface area contributed by atoms with Crippen molar-refractivity contribution in [3.63, 3.8) is 0 Å². The molecule has 12 atom stereocenters. The van der Waals surface area contributed by atoms with Crippen LogP contribution in [0.2, 0.25) is 0 Å². The molecule has 4 aliphatic carbocycles. The number of cyclic esters (lactones) is 2. The van der Waals surface area contributed by atoms with Crippen molar-refractivity contribution in [2.75, 3.05) is 6.61 Å². The van der Waals surface area contributed by atoms with Crippen LogP contribution in [0, 0.1) is 45.3 Å². The minimum absolute atomic E-state index is 0.0167. The van der Waals surface area contributed by atoms with E-state index in [0.29, 0.717) is 6.42 Å². The molecule has 1 N–H and O–H groups in total. The van der Waals surface area contributed by atoms with Crippen LogP contribution in [0.15, 0.2) is 16.7 Å². The summed E-state index contributed by atoms with van der Waals surface area (Å²) >= 11 is 0. The highest BCUT2D eigenvalue weighted by molar-refractivity contribution is 5.92. The molecule has 0 radical (unpaired) electrons. The van der Waals surface area contributed by atoms with E-state index in [9.17, 15) is 19.5 Å². The van der Waals surface area contributed by atoms with Crippen LogP contribution >= 0.6 is 0 Å². The molecule has 5 heterocycles. The monoisotopic (exact) mass is 636 g/mol. The third kappa shape index (κ3) is 3.10. The van der Waals surface area contributed by atoms with Gasteiger partial charge in [-0.1, -0.05) is 46.5 Å². The first-order valence-electron chi connectivity index (χ1n) is 17.8. The first-order chi connectivity index (χ1) is 21.8. The molecule has 1 aromatic heterocycles. The second-order valence-corrected chi connectivity index (χ2v) is 17.3. The van der Waals surface area contributed by atoms with Crippen LogP contribution in [-0.4, -0.2) is 58.9 Å². The Morgan fingerprint density at radius 3 is 2.46 bits per heavy atom. The number of hydrogen-bond donors (Lipinski definition) is 1. The summed E-state index contributed by atoms with van der Waals surface area (Å²) in [6.45, 7) is 10.3. The number of Topliss-reactive ketones (excluding diaryl/α,β-unsaturated/α-hetero) is 1. The smallest absolute Gasteiger partial charge is 0.339 e. The number of aryl methyl sites for hydroxylation is 1. The predicted octanol–water partition coefficient (Wildman–Crippen LogP) is 5.26. The number of hydrogen-bond acceptors (Lipinski definition) is 9. The Morgan fingerprint density at radius 2 is 1.72 bits per heavy atom. The largest absolute Gasteiger partial charge is 0.469 e. The average Bonchev–Trinajstić information content (AvgIpc) is 3.26. The second-order valence-electron chi connectivity index (χ2n) is 17.3. The number of aliphatic hydroxyl groups is 1. The summed E-state index contributed by atoms with van der Waals surface area (Å²) in [7, 11) is 0. The first kappa shape index (κ1) is 29.9. The third-order valence-electron chi connectivity index (χ3n) is 15.0. The van der Waals surface area contributed by atoms with Gasteiger partial charge in [0.25, 0.3) is 0 Å². The molecule has 9 rings (SSSR count). The molecule has 8 aliphatic rings. The topological polar surface area (TPSA) is 125 Å². The molecule has 9 nitrogen and oxygen atoms in total. The third-order valence-corrected chi connectivity index (χ3v) is 15.0. The Labute approximate surface area is 270 Å². The number of carbonyl (C=O) groups excluding carboxylic acids is 3. The minimum atomic E-state index is -1.38. The summed E-state index contributed by atoms with van der Waals surface area (Å²) in [6.07, 6.45) is 7.48. The maximum Gasteiger partial charge on any atom is 0.339 e. The zero-order valence-electron chi connectivity index (χ0n) is 27.8. The van der Waals surface area contributed by atoms with E-state index in [4.69, 9.17) is 23.4 Å². The van der Waals surface area contributed by atoms with Crippen molar-refractivity contribution in [3.8, 4) is 0 Å². The van der Waals surface area contributed by atoms with Crippen molar-refractivity contribution in [1.29, 1.82) is 0 Å². The average molecular weight is 637 g/mol. The quantitative estimate of drug-likeness (QED) is 0.262. The number of rotatable bonds is 5. The fourth-order valence-electron chi connectivity index (χ4n) is 13.9. The molecule has 46 heavy (non-hydrogen) atoms. The van der Waals surface area contributed by atoms with Crippen LogP contribution < -0.4 is 0 Å². The highest BCUT2D eigenvalue weighted by atomic mass is 16.7. The lowest BCUT2D eigenvalue weighted by Gasteiger charge is -2.68. The number of ether oxygens (including phenoxy) is 4. The lowest BCUT2D eigenvalue weighted by Crippen LogP contribution is -2.77. The van der Waals surface area contributed by atoms with Gasteiger partial charge in [0.15, 0.2) is 11.9 Å². The summed E-state index contributed by atoms with van der Waals surface area (Å²) < 4.78 is 32.3. The molecule has 1 aromatic rings. The number of aliphatic hydroxyl groups excluding tert-OH is 1. The van der Waals surface area contributed by atoms with Crippen molar-refractivity contribution in [2.45, 2.75) is 134 Å². The Hall–Kier alpha value is -2.23. The van der Waals surface area contributed by atoms with Gasteiger partial charge in [-0.3, -0.25) is 9.59 Å². The van der Waals surface area contributed by atoms with Crippen molar-refractivity contribution < 1.29 is 42.9 Å². The summed E-state index contributed by atoms with van der Waals surface area (Å²) in [5, 5.41) is 12.5. The fourth-order valence-corrected chi connectivity index (χ4v) is 13.9. The van der Waals surface area contributed by atoms with Gasteiger partial charge in [0.05, 0.1) is 29.8 Å². The van der Waals surface area contributed by atoms with Crippen molar-refractivity contribution >= 4 is 17.7 Å². The normalized spacial score (nSPS) is 50.3. The Balaban J connectivity index is 1.27. The fraction of sp³-hybridized carbons (Fsp3) is 0.811. The summed E-state index contributed by atoms with van der Waals surface area (Å²) in [5.74, 6) is -1.48. The highest BCUT2D eigenvalue weighted by Gasteiger charge is 2.93. The van der Waals surface area contributed by atoms with Crippen LogP contribution in [0.4, 0.5) is 0 Å². The number of esters is 2. The lowest BCUT2D eigenvalue weighted by molar-refractivity contribution is -0.266. The molecule has 2 bridgehead atoms. The van der Waals surface area contributed by atoms with Crippen LogP contribution in [-0.2, 0) is 39.8 Å². The highest BCUT2D eigenvalue weighted by Crippen LogP contribution is 2.83. The summed E-state index contributed by atoms with van der Waals surface area (Å²) in [5.41, 5.74) is -4.22. The van der Waals surface area contributed by atoms with Gasteiger partial charge in [0.2, 0.25) is 0 Å². The van der Waals surface area contributed by atoms with E-state index in [1.54, 1.807) is 6.26 Å². The first-order valence-corrected chi connectivity index (χ1v) is 17.8. The van der Waals surface area contributed by atoms with Gasteiger partial charge in [-0.2, -0.15) is 0 Å². The van der Waals surface area contributed by atoms with E-state index in [1.807, 2.05) is 26.8 Å². The van der Waals surface area contributed by atoms with Crippen molar-refractivity contribution in [3.05, 3.63) is 23.7 Å². The number of unbranched alkanes of at least 4 members (excludes halogenated alkanes) is 2. The van der Waals surface area contributed by atoms with Gasteiger partial charge in [0, 0.05) is 28.2 Å². The van der Waals surface area contributed by atoms with Gasteiger partial charge >= 0.3 is 11.9 Å². The van der Waals surface area contributed by atoms with Crippen molar-refractivity contribution in [2.24, 2.45) is 45.3 Å². The zero-order chi connectivity index (χ0) is 32.2. The van der Waals surface area contributed by atoms with Crippen LogP contribution in [0.5, 0.6) is 0 Å². The van der Waals surface area contributed by atoms with Gasteiger partial charge < -0.3 is 28.5 Å². The van der Waals surface area contributed by atoms with E-state index in [0.717, 1.165) is 69.1 Å². The van der Waals surface area contributed by atoms with Crippen LogP contribution in [0.3, 0.4) is 0 Å². The van der Waals surface area contributed by atoms with Crippen LogP contribution in [0.25, 0.3) is 0 Å². The summed E-state index contributed by atoms with van der Waals surface area (Å²) in [4.78, 5) is 42.7. The molecule has 8 fully saturated rings.